The largest absolute Gasteiger partial charge is 0.326 e. The van der Waals surface area contributed by atoms with Gasteiger partial charge in [-0.05, 0) is 48.2 Å². The first-order valence-electron chi connectivity index (χ1n) is 9.01. The molecule has 1 atom stereocenters. The minimum Gasteiger partial charge on any atom is -0.326 e. The van der Waals surface area contributed by atoms with Crippen LogP contribution in [0.3, 0.4) is 0 Å². The predicted octanol–water partition coefficient (Wildman–Crippen LogP) is 4.57. The Morgan fingerprint density at radius 3 is 2.62 bits per heavy atom. The van der Waals surface area contributed by atoms with Crippen LogP contribution in [-0.2, 0) is 22.4 Å². The number of hydrogen-bond acceptors (Lipinski definition) is 2. The van der Waals surface area contributed by atoms with Crippen molar-refractivity contribution < 1.29 is 9.59 Å². The number of nitrogens with one attached hydrogen (secondary N) is 1. The fraction of sp³-hybridized carbons (Fsp3) is 0.333. The Kier molecular flexibility index (Phi) is 5.77. The molecule has 2 aromatic carbocycles. The molecule has 2 amide bonds. The van der Waals surface area contributed by atoms with Crippen LogP contribution in [0.15, 0.2) is 46.9 Å². The van der Waals surface area contributed by atoms with Crippen molar-refractivity contribution in [3.63, 3.8) is 0 Å². The second kappa shape index (κ2) is 8.04. The van der Waals surface area contributed by atoms with Crippen LogP contribution in [0.5, 0.6) is 0 Å². The van der Waals surface area contributed by atoms with Gasteiger partial charge in [0.1, 0.15) is 0 Å². The van der Waals surface area contributed by atoms with Crippen LogP contribution in [-0.4, -0.2) is 18.4 Å². The lowest BCUT2D eigenvalue weighted by Gasteiger charge is -2.20. The number of para-hydroxylation sites is 1. The lowest BCUT2D eigenvalue weighted by Crippen LogP contribution is -2.29. The highest BCUT2D eigenvalue weighted by atomic mass is 79.9. The molecular weight excluding hydrogens is 392 g/mol. The molecule has 1 heterocycles. The van der Waals surface area contributed by atoms with Gasteiger partial charge in [0.15, 0.2) is 0 Å². The van der Waals surface area contributed by atoms with E-state index in [1.165, 1.54) is 0 Å². The number of hydrogen-bond donors (Lipinski definition) is 1. The molecule has 1 aliphatic rings. The van der Waals surface area contributed by atoms with Gasteiger partial charge < -0.3 is 10.2 Å². The van der Waals surface area contributed by atoms with Crippen LogP contribution in [0.2, 0.25) is 0 Å². The zero-order valence-electron chi connectivity index (χ0n) is 15.1. The van der Waals surface area contributed by atoms with Gasteiger partial charge in [0.2, 0.25) is 11.8 Å². The van der Waals surface area contributed by atoms with Crippen LogP contribution in [0, 0.1) is 5.92 Å². The first kappa shape index (κ1) is 18.6. The Morgan fingerprint density at radius 1 is 1.15 bits per heavy atom. The zero-order chi connectivity index (χ0) is 18.7. The van der Waals surface area contributed by atoms with Gasteiger partial charge in [-0.25, -0.2) is 0 Å². The van der Waals surface area contributed by atoms with Crippen molar-refractivity contribution in [3.05, 3.63) is 58.1 Å². The van der Waals surface area contributed by atoms with E-state index >= 15 is 0 Å². The molecule has 0 aromatic heterocycles. The molecule has 0 radical (unpaired) electrons. The highest BCUT2D eigenvalue weighted by Crippen LogP contribution is 2.30. The van der Waals surface area contributed by atoms with Crippen molar-refractivity contribution >= 4 is 39.1 Å². The van der Waals surface area contributed by atoms with Crippen LogP contribution < -0.4 is 10.2 Å². The Bertz CT molecular complexity index is 835. The lowest BCUT2D eigenvalue weighted by atomic mass is 10.1. The third-order valence-corrected chi connectivity index (χ3v) is 5.36. The van der Waals surface area contributed by atoms with Gasteiger partial charge in [0.25, 0.3) is 0 Å². The van der Waals surface area contributed by atoms with Gasteiger partial charge in [0.05, 0.1) is 5.92 Å². The van der Waals surface area contributed by atoms with Crippen LogP contribution in [0.4, 0.5) is 11.4 Å². The molecule has 3 rings (SSSR count). The van der Waals surface area contributed by atoms with Crippen molar-refractivity contribution in [3.8, 4) is 0 Å². The Hall–Kier alpha value is -2.14. The van der Waals surface area contributed by atoms with Crippen LogP contribution in [0.25, 0.3) is 0 Å². The summed E-state index contributed by atoms with van der Waals surface area (Å²) in [6.07, 6.45) is 1.94. The molecule has 0 saturated carbocycles. The number of benzene rings is 2. The monoisotopic (exact) mass is 414 g/mol. The predicted molar refractivity (Wildman–Crippen MR) is 108 cm³/mol. The summed E-state index contributed by atoms with van der Waals surface area (Å²) in [7, 11) is 0. The van der Waals surface area contributed by atoms with Crippen molar-refractivity contribution in [2.75, 3.05) is 16.8 Å². The Morgan fingerprint density at radius 2 is 1.88 bits per heavy atom. The Balaban J connectivity index is 1.75. The van der Waals surface area contributed by atoms with Gasteiger partial charge in [0, 0.05) is 28.8 Å². The van der Waals surface area contributed by atoms with Gasteiger partial charge in [-0.15, -0.1) is 0 Å². The third kappa shape index (κ3) is 3.83. The van der Waals surface area contributed by atoms with Crippen LogP contribution >= 0.6 is 15.9 Å². The second-order valence-corrected chi connectivity index (χ2v) is 7.45. The normalized spacial score (nSPS) is 16.8. The first-order valence-corrected chi connectivity index (χ1v) is 9.80. The summed E-state index contributed by atoms with van der Waals surface area (Å²) < 4.78 is 0.991. The maximum absolute atomic E-state index is 12.7. The highest BCUT2D eigenvalue weighted by Gasteiger charge is 2.35. The fourth-order valence-electron chi connectivity index (χ4n) is 3.40. The maximum atomic E-state index is 12.7. The minimum absolute atomic E-state index is 0.0116. The van der Waals surface area contributed by atoms with Gasteiger partial charge >= 0.3 is 0 Å². The molecule has 2 aromatic rings. The number of amides is 2. The van der Waals surface area contributed by atoms with Gasteiger partial charge in [-0.3, -0.25) is 9.59 Å². The molecule has 26 heavy (non-hydrogen) atoms. The summed E-state index contributed by atoms with van der Waals surface area (Å²) >= 11 is 3.46. The molecule has 4 nitrogen and oxygen atoms in total. The number of aryl methyl sites for hydroxylation is 2. The molecule has 1 saturated heterocycles. The molecule has 1 N–H and O–H groups in total. The van der Waals surface area contributed by atoms with E-state index in [1.807, 2.05) is 42.5 Å². The topological polar surface area (TPSA) is 49.4 Å². The molecule has 0 spiro atoms. The molecule has 0 aliphatic carbocycles. The summed E-state index contributed by atoms with van der Waals surface area (Å²) in [6.45, 7) is 4.56. The molecule has 5 heteroatoms. The molecule has 0 bridgehead atoms. The van der Waals surface area contributed by atoms with E-state index in [4.69, 9.17) is 0 Å². The van der Waals surface area contributed by atoms with E-state index in [1.54, 1.807) is 4.90 Å². The van der Waals surface area contributed by atoms with E-state index in [0.717, 1.165) is 39.8 Å². The van der Waals surface area contributed by atoms with Crippen molar-refractivity contribution in [1.82, 2.24) is 0 Å². The number of carbonyl (C=O) groups excluding carboxylic acids is 2. The van der Waals surface area contributed by atoms with E-state index in [2.05, 4.69) is 35.1 Å². The van der Waals surface area contributed by atoms with Gasteiger partial charge in [-0.1, -0.05) is 48.0 Å². The summed E-state index contributed by atoms with van der Waals surface area (Å²) in [5.41, 5.74) is 3.95. The van der Waals surface area contributed by atoms with E-state index < -0.39 is 0 Å². The summed E-state index contributed by atoms with van der Waals surface area (Å²) in [6, 6.07) is 13.7. The molecule has 1 aliphatic heterocycles. The Labute approximate surface area is 162 Å². The smallest absolute Gasteiger partial charge is 0.229 e. The number of carbonyl (C=O) groups is 2. The van der Waals surface area contributed by atoms with Crippen molar-refractivity contribution in [2.45, 2.75) is 33.1 Å². The number of anilines is 2. The number of halogens is 1. The molecule has 136 valence electrons. The average molecular weight is 415 g/mol. The van der Waals surface area contributed by atoms with Crippen molar-refractivity contribution in [1.29, 1.82) is 0 Å². The van der Waals surface area contributed by atoms with E-state index in [9.17, 15) is 9.59 Å². The van der Waals surface area contributed by atoms with E-state index in [0.29, 0.717) is 6.54 Å². The number of rotatable bonds is 5. The summed E-state index contributed by atoms with van der Waals surface area (Å²) in [5, 5.41) is 3.01. The first-order chi connectivity index (χ1) is 12.5. The SMILES string of the molecule is CCc1cc(Br)ccc1NC(=O)[C@@H]1CC(=O)N(c2ccccc2CC)C1. The van der Waals surface area contributed by atoms with Crippen LogP contribution in [0.1, 0.15) is 31.4 Å². The molecule has 1 fully saturated rings. The number of nitrogens with zero attached hydrogens (tertiary/aromatic N) is 1. The minimum atomic E-state index is -0.333. The zero-order valence-corrected chi connectivity index (χ0v) is 16.7. The molecular formula is C21H23BrN2O2. The van der Waals surface area contributed by atoms with E-state index in [-0.39, 0.29) is 24.2 Å². The van der Waals surface area contributed by atoms with Crippen molar-refractivity contribution in [2.24, 2.45) is 5.92 Å². The van der Waals surface area contributed by atoms with Gasteiger partial charge in [-0.2, -0.15) is 0 Å². The summed E-state index contributed by atoms with van der Waals surface area (Å²) in [4.78, 5) is 27.0. The lowest BCUT2D eigenvalue weighted by molar-refractivity contribution is -0.122. The highest BCUT2D eigenvalue weighted by molar-refractivity contribution is 9.10. The molecule has 0 unspecified atom stereocenters. The second-order valence-electron chi connectivity index (χ2n) is 6.53. The maximum Gasteiger partial charge on any atom is 0.229 e. The standard InChI is InChI=1S/C21H23BrN2O2/c1-3-14-7-5-6-8-19(14)24-13-16(12-20(24)25)21(26)23-18-10-9-17(22)11-15(18)4-2/h5-11,16H,3-4,12-13H2,1-2H3,(H,23,26)/t16-/m1/s1. The third-order valence-electron chi connectivity index (χ3n) is 4.87. The quantitative estimate of drug-likeness (QED) is 0.778. The average Bonchev–Trinajstić information content (AvgIpc) is 3.04. The summed E-state index contributed by atoms with van der Waals surface area (Å²) in [5.74, 6) is -0.412. The fourth-order valence-corrected chi connectivity index (χ4v) is 3.81.